The summed E-state index contributed by atoms with van der Waals surface area (Å²) in [5, 5.41) is -0.0300. The summed E-state index contributed by atoms with van der Waals surface area (Å²) in [6, 6.07) is 3.38. The van der Waals surface area contributed by atoms with Gasteiger partial charge in [-0.3, -0.25) is 4.79 Å². The first-order chi connectivity index (χ1) is 12.1. The van der Waals surface area contributed by atoms with Crippen molar-refractivity contribution in [3.63, 3.8) is 0 Å². The van der Waals surface area contributed by atoms with Crippen LogP contribution in [0.3, 0.4) is 0 Å². The van der Waals surface area contributed by atoms with Gasteiger partial charge in [-0.25, -0.2) is 9.18 Å². The Labute approximate surface area is 157 Å². The minimum Gasteiger partial charge on any atom is -0.462 e. The number of carbonyl (C=O) groups excluding carboxylic acids is 1. The molecule has 0 aliphatic rings. The summed E-state index contributed by atoms with van der Waals surface area (Å²) >= 11 is 5.82. The van der Waals surface area contributed by atoms with Crippen molar-refractivity contribution < 1.29 is 18.7 Å². The molecule has 1 aromatic carbocycles. The van der Waals surface area contributed by atoms with Crippen LogP contribution in [0.25, 0.3) is 10.9 Å². The van der Waals surface area contributed by atoms with Gasteiger partial charge in [0, 0.05) is 26.3 Å². The van der Waals surface area contributed by atoms with Crippen LogP contribution in [-0.4, -0.2) is 31.8 Å². The summed E-state index contributed by atoms with van der Waals surface area (Å²) in [5.74, 6) is -1.37. The monoisotopic (exact) mass is 399 g/mol. The molecule has 0 amide bonds. The van der Waals surface area contributed by atoms with Gasteiger partial charge in [-0.1, -0.05) is 31.2 Å². The van der Waals surface area contributed by atoms with Crippen molar-refractivity contribution in [3.8, 4) is 0 Å². The smallest absolute Gasteiger partial charge is 0.343 e. The summed E-state index contributed by atoms with van der Waals surface area (Å²) in [7, 11) is -1.25. The summed E-state index contributed by atoms with van der Waals surface area (Å²) in [6.07, 6.45) is 1.35. The number of hydrogen-bond donors (Lipinski definition) is 0. The largest absolute Gasteiger partial charge is 0.462 e. The Morgan fingerprint density at radius 2 is 2.00 bits per heavy atom. The average molecular weight is 400 g/mol. The molecule has 1 heterocycles. The van der Waals surface area contributed by atoms with E-state index in [-0.39, 0.29) is 29.3 Å². The number of ether oxygens (including phenoxy) is 2. The molecule has 0 atom stereocenters. The molecule has 0 fully saturated rings. The van der Waals surface area contributed by atoms with Gasteiger partial charge < -0.3 is 14.0 Å². The van der Waals surface area contributed by atoms with Crippen LogP contribution >= 0.6 is 11.6 Å². The lowest BCUT2D eigenvalue weighted by atomic mass is 10.1. The van der Waals surface area contributed by atoms with Crippen molar-refractivity contribution in [2.75, 3.05) is 13.2 Å². The van der Waals surface area contributed by atoms with Crippen LogP contribution in [0, 0.1) is 5.82 Å². The lowest BCUT2D eigenvalue weighted by Gasteiger charge is -2.17. The number of hydrogen-bond acceptors (Lipinski definition) is 4. The van der Waals surface area contributed by atoms with Crippen LogP contribution in [-0.2, 0) is 16.2 Å². The van der Waals surface area contributed by atoms with E-state index >= 15 is 0 Å². The minimum absolute atomic E-state index is 0.0920. The Balaban J connectivity index is 2.45. The molecule has 0 spiro atoms. The number of pyridine rings is 1. The topological polar surface area (TPSA) is 57.5 Å². The van der Waals surface area contributed by atoms with Gasteiger partial charge in [0.05, 0.1) is 17.1 Å². The first-order valence-corrected chi connectivity index (χ1v) is 12.5. The van der Waals surface area contributed by atoms with E-state index in [2.05, 4.69) is 19.6 Å². The summed E-state index contributed by atoms with van der Waals surface area (Å²) < 4.78 is 26.1. The van der Waals surface area contributed by atoms with E-state index in [1.807, 2.05) is 0 Å². The minimum atomic E-state index is -1.25. The van der Waals surface area contributed by atoms with E-state index in [4.69, 9.17) is 21.1 Å². The van der Waals surface area contributed by atoms with Gasteiger partial charge in [0.2, 0.25) is 5.43 Å². The van der Waals surface area contributed by atoms with Crippen LogP contribution in [0.2, 0.25) is 30.7 Å². The molecular weight excluding hydrogens is 377 g/mol. The molecule has 1 aromatic heterocycles. The van der Waals surface area contributed by atoms with Crippen LogP contribution in [0.4, 0.5) is 4.39 Å². The van der Waals surface area contributed by atoms with Crippen LogP contribution in [0.15, 0.2) is 23.1 Å². The van der Waals surface area contributed by atoms with Crippen molar-refractivity contribution in [3.05, 3.63) is 45.0 Å². The highest BCUT2D eigenvalue weighted by Crippen LogP contribution is 2.22. The lowest BCUT2D eigenvalue weighted by molar-refractivity contribution is 0.0521. The standard InChI is InChI=1S/C18H23ClFNO4Si/c1-5-25-18(23)13-10-21(11-24-6-7-26(2,3)4)16-9-15(20)14(19)8-12(16)17(13)22/h8-10H,5-7,11H2,1-4H3. The number of fused-ring (bicyclic) bond motifs is 1. The van der Waals surface area contributed by atoms with Crippen molar-refractivity contribution >= 4 is 36.5 Å². The maximum atomic E-state index is 13.9. The predicted molar refractivity (Wildman–Crippen MR) is 103 cm³/mol. The van der Waals surface area contributed by atoms with Gasteiger partial charge in [-0.15, -0.1) is 0 Å². The maximum Gasteiger partial charge on any atom is 0.343 e. The highest BCUT2D eigenvalue weighted by atomic mass is 35.5. The average Bonchev–Trinajstić information content (AvgIpc) is 2.54. The zero-order valence-electron chi connectivity index (χ0n) is 15.4. The Morgan fingerprint density at radius 1 is 1.31 bits per heavy atom. The Bertz CT molecular complexity index is 876. The van der Waals surface area contributed by atoms with Crippen LogP contribution < -0.4 is 5.43 Å². The fraction of sp³-hybridized carbons (Fsp3) is 0.444. The summed E-state index contributed by atoms with van der Waals surface area (Å²) in [4.78, 5) is 24.7. The van der Waals surface area contributed by atoms with E-state index in [1.165, 1.54) is 22.9 Å². The molecule has 2 aromatic rings. The molecule has 0 radical (unpaired) electrons. The molecule has 0 bridgehead atoms. The molecule has 2 rings (SSSR count). The molecule has 0 saturated carbocycles. The quantitative estimate of drug-likeness (QED) is 0.396. The molecule has 26 heavy (non-hydrogen) atoms. The molecule has 0 saturated heterocycles. The van der Waals surface area contributed by atoms with Gasteiger partial charge in [0.1, 0.15) is 18.1 Å². The summed E-state index contributed by atoms with van der Waals surface area (Å²) in [5.41, 5.74) is -0.354. The van der Waals surface area contributed by atoms with E-state index in [9.17, 15) is 14.0 Å². The normalized spacial score (nSPS) is 11.8. The van der Waals surface area contributed by atoms with Crippen molar-refractivity contribution in [2.24, 2.45) is 0 Å². The second kappa shape index (κ2) is 8.33. The number of rotatable bonds is 7. The second-order valence-corrected chi connectivity index (χ2v) is 13.2. The van der Waals surface area contributed by atoms with Gasteiger partial charge in [-0.05, 0) is 25.1 Å². The highest BCUT2D eigenvalue weighted by Gasteiger charge is 2.18. The molecule has 0 aliphatic heterocycles. The number of benzene rings is 1. The Hall–Kier alpha value is -1.70. The maximum absolute atomic E-state index is 13.9. The third kappa shape index (κ3) is 4.93. The first-order valence-electron chi connectivity index (χ1n) is 8.41. The second-order valence-electron chi connectivity index (χ2n) is 7.19. The number of esters is 1. The van der Waals surface area contributed by atoms with Gasteiger partial charge >= 0.3 is 5.97 Å². The SMILES string of the molecule is CCOC(=O)c1cn(COCC[Si](C)(C)C)c2cc(F)c(Cl)cc2c1=O. The van der Waals surface area contributed by atoms with Crippen molar-refractivity contribution in [1.82, 2.24) is 4.57 Å². The number of halogens is 2. The van der Waals surface area contributed by atoms with Gasteiger partial charge in [0.15, 0.2) is 0 Å². The van der Waals surface area contributed by atoms with Gasteiger partial charge in [0.25, 0.3) is 0 Å². The zero-order chi connectivity index (χ0) is 19.5. The lowest BCUT2D eigenvalue weighted by Crippen LogP contribution is -2.23. The molecule has 0 aliphatic carbocycles. The summed E-state index contributed by atoms with van der Waals surface area (Å²) in [6.45, 7) is 9.16. The van der Waals surface area contributed by atoms with E-state index < -0.39 is 25.3 Å². The van der Waals surface area contributed by atoms with E-state index in [0.717, 1.165) is 6.04 Å². The Morgan fingerprint density at radius 3 is 2.62 bits per heavy atom. The molecule has 0 unspecified atom stereocenters. The number of nitrogens with zero attached hydrogens (tertiary/aromatic N) is 1. The molecule has 5 nitrogen and oxygen atoms in total. The Kier molecular flexibility index (Phi) is 6.60. The predicted octanol–water partition coefficient (Wildman–Crippen LogP) is 4.28. The van der Waals surface area contributed by atoms with Crippen molar-refractivity contribution in [1.29, 1.82) is 0 Å². The van der Waals surface area contributed by atoms with Crippen LogP contribution in [0.1, 0.15) is 17.3 Å². The van der Waals surface area contributed by atoms with Crippen LogP contribution in [0.5, 0.6) is 0 Å². The third-order valence-electron chi connectivity index (χ3n) is 3.84. The van der Waals surface area contributed by atoms with Crippen molar-refractivity contribution in [2.45, 2.75) is 39.3 Å². The zero-order valence-corrected chi connectivity index (χ0v) is 17.2. The molecule has 142 valence electrons. The van der Waals surface area contributed by atoms with Gasteiger partial charge in [-0.2, -0.15) is 0 Å². The molecular formula is C18H23ClFNO4Si. The first kappa shape index (κ1) is 20.6. The highest BCUT2D eigenvalue weighted by molar-refractivity contribution is 6.76. The molecule has 0 N–H and O–H groups in total. The third-order valence-corrected chi connectivity index (χ3v) is 5.84. The fourth-order valence-corrected chi connectivity index (χ4v) is 3.31. The van der Waals surface area contributed by atoms with E-state index in [0.29, 0.717) is 12.1 Å². The molecule has 8 heteroatoms. The number of carbonyl (C=O) groups is 1. The number of aromatic nitrogens is 1. The fourth-order valence-electron chi connectivity index (χ4n) is 2.39. The van der Waals surface area contributed by atoms with E-state index in [1.54, 1.807) is 6.92 Å².